The summed E-state index contributed by atoms with van der Waals surface area (Å²) in [6.07, 6.45) is 1.63. The summed E-state index contributed by atoms with van der Waals surface area (Å²) in [6, 6.07) is 3.53. The molecule has 0 unspecified atom stereocenters. The van der Waals surface area contributed by atoms with Gasteiger partial charge in [0.1, 0.15) is 22.1 Å². The van der Waals surface area contributed by atoms with Gasteiger partial charge in [0, 0.05) is 6.20 Å². The minimum atomic E-state index is -0.913. The molecule has 0 aliphatic heterocycles. The number of carbonyl (C=O) groups excluding carboxylic acids is 2. The quantitative estimate of drug-likeness (QED) is 0.736. The van der Waals surface area contributed by atoms with E-state index in [1.165, 1.54) is 4.40 Å². The fourth-order valence-corrected chi connectivity index (χ4v) is 2.12. The Balaban J connectivity index is 2.46. The van der Waals surface area contributed by atoms with Gasteiger partial charge in [-0.1, -0.05) is 11.6 Å². The molecule has 0 atom stereocenters. The lowest BCUT2D eigenvalue weighted by molar-refractivity contribution is -0.111. The van der Waals surface area contributed by atoms with Crippen molar-refractivity contribution >= 4 is 34.6 Å². The highest BCUT2D eigenvalue weighted by molar-refractivity contribution is 6.63. The Kier molecular flexibility index (Phi) is 2.09. The number of imidazole rings is 1. The van der Waals surface area contributed by atoms with Crippen molar-refractivity contribution in [3.05, 3.63) is 40.3 Å². The second-order valence-corrected chi connectivity index (χ2v) is 4.44. The zero-order valence-corrected chi connectivity index (χ0v) is 10.0. The molecule has 2 aromatic rings. The van der Waals surface area contributed by atoms with E-state index in [0.717, 1.165) is 5.56 Å². The first-order valence-corrected chi connectivity index (χ1v) is 5.55. The summed E-state index contributed by atoms with van der Waals surface area (Å²) in [4.78, 5) is 27.6. The van der Waals surface area contributed by atoms with Crippen LogP contribution in [0.3, 0.4) is 0 Å². The summed E-state index contributed by atoms with van der Waals surface area (Å²) in [6.45, 7) is 1.88. The van der Waals surface area contributed by atoms with E-state index in [0.29, 0.717) is 5.65 Å². The zero-order chi connectivity index (χ0) is 13.0. The molecule has 1 aliphatic carbocycles. The van der Waals surface area contributed by atoms with Crippen molar-refractivity contribution < 1.29 is 14.7 Å². The lowest BCUT2D eigenvalue weighted by Crippen LogP contribution is -2.23. The monoisotopic (exact) mass is 262 g/mol. The molecule has 3 rings (SSSR count). The molecule has 0 bridgehead atoms. The van der Waals surface area contributed by atoms with Crippen LogP contribution in [0, 0.1) is 6.92 Å². The van der Waals surface area contributed by atoms with Gasteiger partial charge in [-0.25, -0.2) is 4.98 Å². The van der Waals surface area contributed by atoms with Crippen molar-refractivity contribution in [3.8, 4) is 0 Å². The standard InChI is InChI=1S/C12H7ClN2O3/c1-5-2-3-15-6(4-5)14-8-9(15)12(18)11(17)7(13)10(8)16/h2-4,16H,1H3. The molecule has 0 saturated carbocycles. The van der Waals surface area contributed by atoms with Crippen LogP contribution in [-0.2, 0) is 4.79 Å². The Morgan fingerprint density at radius 3 is 2.78 bits per heavy atom. The summed E-state index contributed by atoms with van der Waals surface area (Å²) in [7, 11) is 0. The molecule has 90 valence electrons. The van der Waals surface area contributed by atoms with Crippen molar-refractivity contribution in [2.75, 3.05) is 0 Å². The minimum Gasteiger partial charge on any atom is -0.504 e. The van der Waals surface area contributed by atoms with Gasteiger partial charge in [-0.2, -0.15) is 0 Å². The number of fused-ring (bicyclic) bond motifs is 3. The molecule has 0 aromatic carbocycles. The number of carbonyl (C=O) groups is 2. The highest BCUT2D eigenvalue weighted by Gasteiger charge is 2.36. The van der Waals surface area contributed by atoms with Crippen molar-refractivity contribution in [1.82, 2.24) is 9.38 Å². The molecule has 18 heavy (non-hydrogen) atoms. The van der Waals surface area contributed by atoms with E-state index in [4.69, 9.17) is 11.6 Å². The fraction of sp³-hybridized carbons (Fsp3) is 0.0833. The van der Waals surface area contributed by atoms with E-state index in [-0.39, 0.29) is 11.4 Å². The predicted octanol–water partition coefficient (Wildman–Crippen LogP) is 1.87. The van der Waals surface area contributed by atoms with Crippen LogP contribution in [0.4, 0.5) is 0 Å². The number of pyridine rings is 1. The van der Waals surface area contributed by atoms with Gasteiger partial charge >= 0.3 is 0 Å². The summed E-state index contributed by atoms with van der Waals surface area (Å²) < 4.78 is 1.47. The van der Waals surface area contributed by atoms with Gasteiger partial charge in [0.05, 0.1) is 0 Å². The van der Waals surface area contributed by atoms with Crippen LogP contribution in [0.15, 0.2) is 23.4 Å². The number of ketones is 2. The molecule has 2 heterocycles. The van der Waals surface area contributed by atoms with Crippen molar-refractivity contribution in [2.45, 2.75) is 6.92 Å². The topological polar surface area (TPSA) is 71.7 Å². The second-order valence-electron chi connectivity index (χ2n) is 4.06. The van der Waals surface area contributed by atoms with E-state index in [1.807, 2.05) is 6.92 Å². The van der Waals surface area contributed by atoms with E-state index in [9.17, 15) is 14.7 Å². The normalized spacial score (nSPS) is 15.4. The molecule has 5 nitrogen and oxygen atoms in total. The van der Waals surface area contributed by atoms with Crippen LogP contribution in [0.25, 0.3) is 11.4 Å². The number of aliphatic hydroxyl groups excluding tert-OH is 1. The maximum Gasteiger partial charge on any atom is 0.253 e. The molecule has 0 radical (unpaired) electrons. The highest BCUT2D eigenvalue weighted by atomic mass is 35.5. The molecular weight excluding hydrogens is 256 g/mol. The average Bonchev–Trinajstić information content (AvgIpc) is 2.72. The van der Waals surface area contributed by atoms with E-state index >= 15 is 0 Å². The van der Waals surface area contributed by atoms with Crippen LogP contribution in [0.1, 0.15) is 21.7 Å². The van der Waals surface area contributed by atoms with Crippen LogP contribution in [0.5, 0.6) is 0 Å². The third kappa shape index (κ3) is 1.25. The molecule has 0 saturated heterocycles. The van der Waals surface area contributed by atoms with Crippen LogP contribution >= 0.6 is 11.6 Å². The van der Waals surface area contributed by atoms with Gasteiger partial charge in [0.15, 0.2) is 5.76 Å². The Morgan fingerprint density at radius 2 is 2.06 bits per heavy atom. The molecular formula is C12H7ClN2O3. The van der Waals surface area contributed by atoms with Crippen molar-refractivity contribution in [3.63, 3.8) is 0 Å². The van der Waals surface area contributed by atoms with Crippen molar-refractivity contribution in [2.24, 2.45) is 0 Å². The lowest BCUT2D eigenvalue weighted by atomic mass is 10.0. The zero-order valence-electron chi connectivity index (χ0n) is 9.27. The molecule has 0 spiro atoms. The average molecular weight is 263 g/mol. The predicted molar refractivity (Wildman–Crippen MR) is 64.7 cm³/mol. The number of Topliss-reactive ketones (excluding diaryl/α,β-unsaturated/α-hetero) is 2. The summed E-state index contributed by atoms with van der Waals surface area (Å²) in [5, 5.41) is 9.31. The number of aromatic nitrogens is 2. The fourth-order valence-electron chi connectivity index (χ4n) is 1.95. The van der Waals surface area contributed by atoms with Gasteiger partial charge in [0.25, 0.3) is 5.78 Å². The number of allylic oxidation sites excluding steroid dienone is 1. The van der Waals surface area contributed by atoms with Crippen LogP contribution in [-0.4, -0.2) is 26.1 Å². The summed E-state index contributed by atoms with van der Waals surface area (Å²) in [5.41, 5.74) is 1.55. The van der Waals surface area contributed by atoms with Gasteiger partial charge in [-0.15, -0.1) is 0 Å². The third-order valence-electron chi connectivity index (χ3n) is 2.83. The highest BCUT2D eigenvalue weighted by Crippen LogP contribution is 2.30. The number of halogens is 1. The SMILES string of the molecule is Cc1ccn2c3c(nc2c1)C(O)=C(Cl)C(=O)C3=O. The number of nitrogens with zero attached hydrogens (tertiary/aromatic N) is 2. The van der Waals surface area contributed by atoms with Gasteiger partial charge in [-0.05, 0) is 24.6 Å². The number of rotatable bonds is 0. The maximum absolute atomic E-state index is 11.9. The van der Waals surface area contributed by atoms with Gasteiger partial charge < -0.3 is 5.11 Å². The number of aryl methyl sites for hydroxylation is 1. The second kappa shape index (κ2) is 3.43. The van der Waals surface area contributed by atoms with Crippen molar-refractivity contribution in [1.29, 1.82) is 0 Å². The number of aliphatic hydroxyl groups is 1. The minimum absolute atomic E-state index is 0.0511. The first-order valence-electron chi connectivity index (χ1n) is 5.17. The molecule has 0 amide bonds. The Hall–Kier alpha value is -2.14. The molecule has 1 N–H and O–H groups in total. The lowest BCUT2D eigenvalue weighted by Gasteiger charge is -2.09. The third-order valence-corrected chi connectivity index (χ3v) is 3.19. The van der Waals surface area contributed by atoms with Gasteiger partial charge in [-0.3, -0.25) is 14.0 Å². The van der Waals surface area contributed by atoms with Crippen LogP contribution in [0.2, 0.25) is 0 Å². The van der Waals surface area contributed by atoms with E-state index in [1.54, 1.807) is 18.3 Å². The smallest absolute Gasteiger partial charge is 0.253 e. The Bertz CT molecular complexity index is 758. The largest absolute Gasteiger partial charge is 0.504 e. The van der Waals surface area contributed by atoms with E-state index in [2.05, 4.69) is 4.98 Å². The first kappa shape index (κ1) is 11.0. The Labute approximate surface area is 106 Å². The molecule has 0 fully saturated rings. The summed E-state index contributed by atoms with van der Waals surface area (Å²) >= 11 is 5.61. The summed E-state index contributed by atoms with van der Waals surface area (Å²) in [5.74, 6) is -2.12. The molecule has 6 heteroatoms. The van der Waals surface area contributed by atoms with Crippen LogP contribution < -0.4 is 0 Å². The Morgan fingerprint density at radius 1 is 1.33 bits per heavy atom. The number of hydrogen-bond donors (Lipinski definition) is 1. The first-order chi connectivity index (χ1) is 8.50. The molecule has 1 aliphatic rings. The van der Waals surface area contributed by atoms with E-state index < -0.39 is 22.4 Å². The molecule has 2 aromatic heterocycles. The maximum atomic E-state index is 11.9. The van der Waals surface area contributed by atoms with Gasteiger partial charge in [0.2, 0.25) is 5.78 Å². The number of hydrogen-bond acceptors (Lipinski definition) is 4.